The van der Waals surface area contributed by atoms with Crippen molar-refractivity contribution >= 4 is 6.21 Å². The van der Waals surface area contributed by atoms with Crippen LogP contribution in [0.5, 0.6) is 0 Å². The number of methoxy groups -OCH3 is 1. The lowest BCUT2D eigenvalue weighted by molar-refractivity contribution is 0.191. The van der Waals surface area contributed by atoms with Gasteiger partial charge in [-0.15, -0.1) is 0 Å². The lowest BCUT2D eigenvalue weighted by Gasteiger charge is -2.01. The third-order valence-corrected chi connectivity index (χ3v) is 1.29. The number of rotatable bonds is 5. The minimum absolute atomic E-state index is 0.417. The molecule has 0 heterocycles. The zero-order valence-corrected chi connectivity index (χ0v) is 6.18. The lowest BCUT2D eigenvalue weighted by Crippen LogP contribution is -1.97. The van der Waals surface area contributed by atoms with E-state index in [0.29, 0.717) is 5.92 Å². The molecule has 54 valence electrons. The Balaban J connectivity index is 2.96. The number of nitrogens with one attached hydrogen (secondary N) is 1. The lowest BCUT2D eigenvalue weighted by atomic mass is 10.1. The number of ether oxygens (including phenoxy) is 1. The quantitative estimate of drug-likeness (QED) is 0.445. The van der Waals surface area contributed by atoms with Crippen molar-refractivity contribution in [2.45, 2.75) is 19.8 Å². The average molecular weight is 129 g/mol. The Kier molecular flexibility index (Phi) is 5.52. The van der Waals surface area contributed by atoms with Gasteiger partial charge < -0.3 is 10.1 Å². The Bertz CT molecular complexity index is 73.3. The molecule has 0 radical (unpaired) electrons. The van der Waals surface area contributed by atoms with E-state index in [9.17, 15) is 0 Å². The van der Waals surface area contributed by atoms with Crippen LogP contribution in [0.25, 0.3) is 0 Å². The van der Waals surface area contributed by atoms with Crippen molar-refractivity contribution < 1.29 is 4.74 Å². The molecular weight excluding hydrogens is 114 g/mol. The normalized spacial score (nSPS) is 13.1. The molecule has 0 aromatic heterocycles. The topological polar surface area (TPSA) is 33.1 Å². The van der Waals surface area contributed by atoms with Crippen LogP contribution in [0.3, 0.4) is 0 Å². The molecule has 0 aliphatic rings. The smallest absolute Gasteiger partial charge is 0.0462 e. The van der Waals surface area contributed by atoms with Gasteiger partial charge >= 0.3 is 0 Å². The minimum Gasteiger partial charge on any atom is -0.385 e. The van der Waals surface area contributed by atoms with E-state index in [2.05, 4.69) is 0 Å². The van der Waals surface area contributed by atoms with Gasteiger partial charge in [0.1, 0.15) is 0 Å². The molecule has 0 amide bonds. The van der Waals surface area contributed by atoms with Crippen LogP contribution in [0.2, 0.25) is 0 Å². The first-order chi connectivity index (χ1) is 4.31. The highest BCUT2D eigenvalue weighted by atomic mass is 16.5. The predicted molar refractivity (Wildman–Crippen MR) is 39.1 cm³/mol. The molecule has 0 bridgehead atoms. The van der Waals surface area contributed by atoms with Gasteiger partial charge in [-0.3, -0.25) is 0 Å². The largest absolute Gasteiger partial charge is 0.385 e. The molecule has 0 aliphatic heterocycles. The fourth-order valence-corrected chi connectivity index (χ4v) is 0.633. The van der Waals surface area contributed by atoms with Crippen molar-refractivity contribution in [1.29, 1.82) is 5.41 Å². The molecule has 0 spiro atoms. The molecular formula is C7H15NO. The third kappa shape index (κ3) is 5.50. The minimum atomic E-state index is 0.417. The van der Waals surface area contributed by atoms with Gasteiger partial charge in [-0.2, -0.15) is 0 Å². The predicted octanol–water partition coefficient (Wildman–Crippen LogP) is 1.70. The fourth-order valence-electron chi connectivity index (χ4n) is 0.633. The van der Waals surface area contributed by atoms with Crippen molar-refractivity contribution in [3.63, 3.8) is 0 Å². The van der Waals surface area contributed by atoms with Crippen molar-refractivity contribution in [2.75, 3.05) is 13.7 Å². The summed E-state index contributed by atoms with van der Waals surface area (Å²) in [6.45, 7) is 2.86. The van der Waals surface area contributed by atoms with Gasteiger partial charge in [0.05, 0.1) is 0 Å². The van der Waals surface area contributed by atoms with Gasteiger partial charge in [0.15, 0.2) is 0 Å². The molecule has 0 aromatic carbocycles. The van der Waals surface area contributed by atoms with Gasteiger partial charge in [-0.05, 0) is 25.0 Å². The summed E-state index contributed by atoms with van der Waals surface area (Å²) in [7, 11) is 1.70. The van der Waals surface area contributed by atoms with Gasteiger partial charge in [-0.25, -0.2) is 0 Å². The first-order valence-corrected chi connectivity index (χ1v) is 3.30. The molecule has 2 heteroatoms. The Labute approximate surface area is 56.7 Å². The molecule has 0 aromatic rings. The standard InChI is InChI=1S/C7H15NO/c1-7(6-8)4-3-5-9-2/h6-8H,3-5H2,1-2H3. The van der Waals surface area contributed by atoms with E-state index < -0.39 is 0 Å². The Morgan fingerprint density at radius 3 is 2.78 bits per heavy atom. The zero-order valence-electron chi connectivity index (χ0n) is 6.18. The summed E-state index contributed by atoms with van der Waals surface area (Å²) < 4.78 is 4.86. The Morgan fingerprint density at radius 1 is 1.67 bits per heavy atom. The molecule has 1 atom stereocenters. The van der Waals surface area contributed by atoms with Crippen LogP contribution in [0.15, 0.2) is 0 Å². The van der Waals surface area contributed by atoms with Crippen LogP contribution >= 0.6 is 0 Å². The van der Waals surface area contributed by atoms with Crippen LogP contribution in [-0.2, 0) is 4.74 Å². The van der Waals surface area contributed by atoms with Crippen LogP contribution in [0, 0.1) is 11.3 Å². The van der Waals surface area contributed by atoms with E-state index in [0.717, 1.165) is 19.4 Å². The molecule has 0 saturated carbocycles. The average Bonchev–Trinajstić information content (AvgIpc) is 1.89. The van der Waals surface area contributed by atoms with Gasteiger partial charge in [0, 0.05) is 13.7 Å². The van der Waals surface area contributed by atoms with Gasteiger partial charge in [0.25, 0.3) is 0 Å². The maximum atomic E-state index is 6.88. The first kappa shape index (κ1) is 8.63. The van der Waals surface area contributed by atoms with Crippen LogP contribution in [0.4, 0.5) is 0 Å². The second kappa shape index (κ2) is 5.76. The summed E-state index contributed by atoms with van der Waals surface area (Å²) in [6, 6.07) is 0. The zero-order chi connectivity index (χ0) is 7.11. The summed E-state index contributed by atoms with van der Waals surface area (Å²) in [5.74, 6) is 0.417. The summed E-state index contributed by atoms with van der Waals surface area (Å²) in [5, 5.41) is 6.88. The molecule has 1 N–H and O–H groups in total. The van der Waals surface area contributed by atoms with Gasteiger partial charge in [-0.1, -0.05) is 6.92 Å². The van der Waals surface area contributed by atoms with Crippen LogP contribution in [0.1, 0.15) is 19.8 Å². The van der Waals surface area contributed by atoms with Crippen molar-refractivity contribution in [2.24, 2.45) is 5.92 Å². The van der Waals surface area contributed by atoms with E-state index >= 15 is 0 Å². The van der Waals surface area contributed by atoms with Gasteiger partial charge in [0.2, 0.25) is 0 Å². The maximum Gasteiger partial charge on any atom is 0.0462 e. The molecule has 0 aliphatic carbocycles. The fraction of sp³-hybridized carbons (Fsp3) is 0.857. The molecule has 0 rings (SSSR count). The van der Waals surface area contributed by atoms with Crippen LogP contribution < -0.4 is 0 Å². The van der Waals surface area contributed by atoms with E-state index in [1.54, 1.807) is 7.11 Å². The van der Waals surface area contributed by atoms with Crippen molar-refractivity contribution in [3.8, 4) is 0 Å². The van der Waals surface area contributed by atoms with E-state index in [1.807, 2.05) is 6.92 Å². The second-order valence-electron chi connectivity index (χ2n) is 2.28. The highest BCUT2D eigenvalue weighted by molar-refractivity contribution is 5.55. The van der Waals surface area contributed by atoms with E-state index in [-0.39, 0.29) is 0 Å². The summed E-state index contributed by atoms with van der Waals surface area (Å²) >= 11 is 0. The monoisotopic (exact) mass is 129 g/mol. The second-order valence-corrected chi connectivity index (χ2v) is 2.28. The van der Waals surface area contributed by atoms with Crippen molar-refractivity contribution in [1.82, 2.24) is 0 Å². The van der Waals surface area contributed by atoms with E-state index in [1.165, 1.54) is 6.21 Å². The molecule has 9 heavy (non-hydrogen) atoms. The number of hydrogen-bond acceptors (Lipinski definition) is 2. The molecule has 2 nitrogen and oxygen atoms in total. The maximum absolute atomic E-state index is 6.88. The highest BCUT2D eigenvalue weighted by Crippen LogP contribution is 2.00. The van der Waals surface area contributed by atoms with Crippen molar-refractivity contribution in [3.05, 3.63) is 0 Å². The SMILES string of the molecule is COCCCC(C)C=N. The third-order valence-electron chi connectivity index (χ3n) is 1.29. The Morgan fingerprint density at radius 2 is 2.33 bits per heavy atom. The highest BCUT2D eigenvalue weighted by Gasteiger charge is 1.94. The molecule has 0 fully saturated rings. The molecule has 0 saturated heterocycles. The summed E-state index contributed by atoms with van der Waals surface area (Å²) in [5.41, 5.74) is 0. The summed E-state index contributed by atoms with van der Waals surface area (Å²) in [6.07, 6.45) is 3.61. The number of hydrogen-bond donors (Lipinski definition) is 1. The Hall–Kier alpha value is -0.370. The molecule has 1 unspecified atom stereocenters. The van der Waals surface area contributed by atoms with Crippen LogP contribution in [-0.4, -0.2) is 19.9 Å². The summed E-state index contributed by atoms with van der Waals surface area (Å²) in [4.78, 5) is 0. The first-order valence-electron chi connectivity index (χ1n) is 3.30. The van der Waals surface area contributed by atoms with E-state index in [4.69, 9.17) is 10.1 Å².